The van der Waals surface area contributed by atoms with E-state index in [4.69, 9.17) is 0 Å². The number of aliphatic imine (C=N–C) groups is 1. The zero-order valence-corrected chi connectivity index (χ0v) is 20.2. The van der Waals surface area contributed by atoms with E-state index in [9.17, 15) is 4.79 Å². The first-order chi connectivity index (χ1) is 12.5. The lowest BCUT2D eigenvalue weighted by Gasteiger charge is -2.25. The van der Waals surface area contributed by atoms with Crippen molar-refractivity contribution in [1.29, 1.82) is 0 Å². The van der Waals surface area contributed by atoms with Crippen LogP contribution in [0.5, 0.6) is 0 Å². The topological polar surface area (TPSA) is 60.8 Å². The number of nitrogens with zero attached hydrogens (tertiary/aromatic N) is 4. The Balaban J connectivity index is 0.00000364. The van der Waals surface area contributed by atoms with Crippen LogP contribution in [0.15, 0.2) is 34.1 Å². The second-order valence-corrected chi connectivity index (χ2v) is 8.29. The van der Waals surface area contributed by atoms with Crippen LogP contribution in [0.4, 0.5) is 0 Å². The zero-order valence-electron chi connectivity index (χ0n) is 16.2. The van der Waals surface area contributed by atoms with E-state index in [1.807, 2.05) is 18.6 Å². The average molecular weight is 521 g/mol. The predicted octanol–water partition coefficient (Wildman–Crippen LogP) is 3.13. The second kappa shape index (κ2) is 12.3. The van der Waals surface area contributed by atoms with Crippen molar-refractivity contribution >= 4 is 58.5 Å². The molecule has 1 amide bonds. The van der Waals surface area contributed by atoms with Crippen LogP contribution in [0.1, 0.15) is 22.7 Å². The number of carbonyl (C=O) groups is 1. The Morgan fingerprint density at radius 1 is 1.30 bits per heavy atom. The van der Waals surface area contributed by atoms with Crippen molar-refractivity contribution in [2.24, 2.45) is 4.99 Å². The lowest BCUT2D eigenvalue weighted by molar-refractivity contribution is -0.127. The summed E-state index contributed by atoms with van der Waals surface area (Å²) in [7, 11) is 5.49. The summed E-state index contributed by atoms with van der Waals surface area (Å²) in [5.41, 5.74) is 0. The maximum atomic E-state index is 11.9. The van der Waals surface area contributed by atoms with Crippen LogP contribution in [-0.4, -0.2) is 67.4 Å². The van der Waals surface area contributed by atoms with Gasteiger partial charge in [-0.3, -0.25) is 4.79 Å². The standard InChI is InChI=1S/C18H27N5OS2.HI/c1-14(17-19-9-11-26-17)13-23(4)18(21-12-16(24)22(2)3)20-8-7-15-6-5-10-25-15;/h5-6,9-11,14H,7-8,12-13H2,1-4H3,(H,20,21);1H. The van der Waals surface area contributed by atoms with E-state index in [1.165, 1.54) is 4.88 Å². The minimum Gasteiger partial charge on any atom is -0.356 e. The number of aromatic nitrogens is 1. The largest absolute Gasteiger partial charge is 0.356 e. The molecule has 2 aromatic rings. The molecule has 2 aromatic heterocycles. The average Bonchev–Trinajstić information content (AvgIpc) is 3.30. The number of halogens is 1. The highest BCUT2D eigenvalue weighted by Gasteiger charge is 2.15. The van der Waals surface area contributed by atoms with Crippen molar-refractivity contribution in [2.75, 3.05) is 40.8 Å². The van der Waals surface area contributed by atoms with E-state index in [0.29, 0.717) is 5.92 Å². The third kappa shape index (κ3) is 8.14. The Morgan fingerprint density at radius 2 is 2.07 bits per heavy atom. The molecule has 0 aliphatic carbocycles. The number of thiazole rings is 1. The van der Waals surface area contributed by atoms with Gasteiger partial charge < -0.3 is 15.1 Å². The lowest BCUT2D eigenvalue weighted by atomic mass is 10.2. The van der Waals surface area contributed by atoms with Gasteiger partial charge in [0.05, 0.1) is 5.01 Å². The molecule has 0 bridgehead atoms. The summed E-state index contributed by atoms with van der Waals surface area (Å²) < 4.78 is 0. The highest BCUT2D eigenvalue weighted by Crippen LogP contribution is 2.18. The summed E-state index contributed by atoms with van der Waals surface area (Å²) in [4.78, 5) is 25.8. The Labute approximate surface area is 186 Å². The van der Waals surface area contributed by atoms with E-state index in [-0.39, 0.29) is 36.4 Å². The Morgan fingerprint density at radius 3 is 2.67 bits per heavy atom. The summed E-state index contributed by atoms with van der Waals surface area (Å²) in [5.74, 6) is 1.04. The van der Waals surface area contributed by atoms with Gasteiger partial charge in [-0.25, -0.2) is 9.98 Å². The van der Waals surface area contributed by atoms with E-state index >= 15 is 0 Å². The van der Waals surface area contributed by atoms with Crippen molar-refractivity contribution in [2.45, 2.75) is 19.3 Å². The van der Waals surface area contributed by atoms with Crippen molar-refractivity contribution in [1.82, 2.24) is 20.1 Å². The maximum Gasteiger partial charge on any atom is 0.243 e. The highest BCUT2D eigenvalue weighted by molar-refractivity contribution is 14.0. The third-order valence-corrected chi connectivity index (χ3v) is 5.82. The smallest absolute Gasteiger partial charge is 0.243 e. The Kier molecular flexibility index (Phi) is 10.9. The molecular weight excluding hydrogens is 493 g/mol. The fourth-order valence-electron chi connectivity index (χ4n) is 2.40. The van der Waals surface area contributed by atoms with E-state index in [2.05, 4.69) is 44.6 Å². The van der Waals surface area contributed by atoms with Crippen LogP contribution in [0.25, 0.3) is 0 Å². The molecular formula is C18H28IN5OS2. The molecule has 2 heterocycles. The lowest BCUT2D eigenvalue weighted by Crippen LogP contribution is -2.42. The summed E-state index contributed by atoms with van der Waals surface area (Å²) in [6, 6.07) is 4.19. The van der Waals surface area contributed by atoms with Gasteiger partial charge in [-0.1, -0.05) is 13.0 Å². The van der Waals surface area contributed by atoms with Crippen LogP contribution in [0, 0.1) is 0 Å². The number of likely N-dealkylation sites (N-methyl/N-ethyl adjacent to an activating group) is 2. The number of rotatable bonds is 8. The van der Waals surface area contributed by atoms with Crippen LogP contribution in [0.3, 0.4) is 0 Å². The summed E-state index contributed by atoms with van der Waals surface area (Å²) in [5, 5.41) is 8.59. The van der Waals surface area contributed by atoms with E-state index in [0.717, 1.165) is 30.5 Å². The summed E-state index contributed by atoms with van der Waals surface area (Å²) >= 11 is 3.42. The maximum absolute atomic E-state index is 11.9. The molecule has 2 rings (SSSR count). The number of carbonyl (C=O) groups excluding carboxylic acids is 1. The number of hydrogen-bond acceptors (Lipinski definition) is 5. The van der Waals surface area contributed by atoms with Gasteiger partial charge >= 0.3 is 0 Å². The molecule has 150 valence electrons. The van der Waals surface area contributed by atoms with E-state index in [1.54, 1.807) is 41.7 Å². The minimum absolute atomic E-state index is 0. The minimum atomic E-state index is -0.0103. The molecule has 27 heavy (non-hydrogen) atoms. The SMILES string of the molecule is CC(CN(C)C(=NCC(=O)N(C)C)NCCc1cccs1)c1nccs1.I. The van der Waals surface area contributed by atoms with Gasteiger partial charge in [-0.05, 0) is 17.9 Å². The first-order valence-electron chi connectivity index (χ1n) is 8.58. The molecule has 0 saturated heterocycles. The zero-order chi connectivity index (χ0) is 18.9. The fraction of sp³-hybridized carbons (Fsp3) is 0.500. The first kappa shape index (κ1) is 23.8. The third-order valence-electron chi connectivity index (χ3n) is 3.88. The van der Waals surface area contributed by atoms with Gasteiger partial charge in [0.1, 0.15) is 6.54 Å². The molecule has 0 aliphatic rings. The number of guanidine groups is 1. The number of thiophene rings is 1. The van der Waals surface area contributed by atoms with Gasteiger partial charge in [0, 0.05) is 56.6 Å². The molecule has 1 atom stereocenters. The first-order valence-corrected chi connectivity index (χ1v) is 10.3. The quantitative estimate of drug-likeness (QED) is 0.330. The number of hydrogen-bond donors (Lipinski definition) is 1. The molecule has 0 aromatic carbocycles. The summed E-state index contributed by atoms with van der Waals surface area (Å²) in [6.45, 7) is 3.87. The van der Waals surface area contributed by atoms with Gasteiger partial charge in [-0.2, -0.15) is 0 Å². The Bertz CT molecular complexity index is 689. The highest BCUT2D eigenvalue weighted by atomic mass is 127. The molecule has 0 spiro atoms. The van der Waals surface area contributed by atoms with Gasteiger partial charge in [0.25, 0.3) is 0 Å². The van der Waals surface area contributed by atoms with E-state index < -0.39 is 0 Å². The number of amides is 1. The fourth-order valence-corrected chi connectivity index (χ4v) is 3.80. The Hall–Kier alpha value is -1.20. The summed E-state index contributed by atoms with van der Waals surface area (Å²) in [6.07, 6.45) is 2.77. The second-order valence-electron chi connectivity index (χ2n) is 6.34. The molecule has 9 heteroatoms. The van der Waals surface area contributed by atoms with Gasteiger partial charge in [-0.15, -0.1) is 46.7 Å². The molecule has 0 aliphatic heterocycles. The molecule has 0 saturated carbocycles. The van der Waals surface area contributed by atoms with Crippen LogP contribution < -0.4 is 5.32 Å². The normalized spacial score (nSPS) is 12.2. The molecule has 6 nitrogen and oxygen atoms in total. The predicted molar refractivity (Wildman–Crippen MR) is 126 cm³/mol. The van der Waals surface area contributed by atoms with Crippen molar-refractivity contribution < 1.29 is 4.79 Å². The van der Waals surface area contributed by atoms with Crippen LogP contribution in [0.2, 0.25) is 0 Å². The van der Waals surface area contributed by atoms with Crippen molar-refractivity contribution in [3.63, 3.8) is 0 Å². The van der Waals surface area contributed by atoms with Crippen LogP contribution >= 0.6 is 46.7 Å². The molecule has 1 unspecified atom stereocenters. The number of nitrogens with one attached hydrogen (secondary N) is 1. The monoisotopic (exact) mass is 521 g/mol. The molecule has 0 fully saturated rings. The molecule has 0 radical (unpaired) electrons. The molecule has 1 N–H and O–H groups in total. The van der Waals surface area contributed by atoms with Crippen molar-refractivity contribution in [3.05, 3.63) is 39.0 Å². The van der Waals surface area contributed by atoms with Gasteiger partial charge in [0.2, 0.25) is 5.91 Å². The van der Waals surface area contributed by atoms with Gasteiger partial charge in [0.15, 0.2) is 5.96 Å². The van der Waals surface area contributed by atoms with Crippen LogP contribution in [-0.2, 0) is 11.2 Å². The van der Waals surface area contributed by atoms with Crippen molar-refractivity contribution in [3.8, 4) is 0 Å².